The van der Waals surface area contributed by atoms with Crippen molar-refractivity contribution in [1.29, 1.82) is 0 Å². The van der Waals surface area contributed by atoms with Crippen LogP contribution >= 0.6 is 12.4 Å². The van der Waals surface area contributed by atoms with E-state index in [1.165, 1.54) is 0 Å². The van der Waals surface area contributed by atoms with E-state index in [4.69, 9.17) is 10.5 Å². The summed E-state index contributed by atoms with van der Waals surface area (Å²) in [5.74, 6) is 0.270. The molecular formula is C20H29ClN4O2. The van der Waals surface area contributed by atoms with E-state index >= 15 is 0 Å². The first-order valence-corrected chi connectivity index (χ1v) is 9.33. The molecule has 1 unspecified atom stereocenters. The third-order valence-electron chi connectivity index (χ3n) is 5.08. The molecule has 1 aromatic heterocycles. The summed E-state index contributed by atoms with van der Waals surface area (Å²) in [5, 5.41) is 7.46. The average Bonchev–Trinajstić information content (AvgIpc) is 3.17. The van der Waals surface area contributed by atoms with Crippen molar-refractivity contribution in [3.05, 3.63) is 42.1 Å². The lowest BCUT2D eigenvalue weighted by Gasteiger charge is -2.29. The number of nitrogens with two attached hydrogens (primary N) is 1. The second-order valence-corrected chi connectivity index (χ2v) is 6.98. The molecule has 1 atom stereocenters. The summed E-state index contributed by atoms with van der Waals surface area (Å²) < 4.78 is 5.35. The van der Waals surface area contributed by atoms with Gasteiger partial charge in [-0.25, -0.2) is 0 Å². The lowest BCUT2D eigenvalue weighted by Crippen LogP contribution is -2.48. The van der Waals surface area contributed by atoms with E-state index in [0.717, 1.165) is 42.6 Å². The molecule has 1 aliphatic heterocycles. The molecule has 1 fully saturated rings. The normalized spacial score (nSPS) is 15.8. The molecular weight excluding hydrogens is 364 g/mol. The molecule has 0 radical (unpaired) electrons. The molecule has 6 nitrogen and oxygen atoms in total. The fraction of sp³-hybridized carbons (Fsp3) is 0.500. The molecule has 0 bridgehead atoms. The zero-order valence-electron chi connectivity index (χ0n) is 15.8. The van der Waals surface area contributed by atoms with E-state index in [0.29, 0.717) is 19.8 Å². The molecule has 0 aliphatic carbocycles. The third-order valence-corrected chi connectivity index (χ3v) is 5.08. The Kier molecular flexibility index (Phi) is 8.28. The number of hydrogen-bond donors (Lipinski definition) is 2. The molecule has 0 saturated carbocycles. The zero-order chi connectivity index (χ0) is 18.4. The number of aromatic amines is 1. The van der Waals surface area contributed by atoms with Crippen molar-refractivity contribution in [3.8, 4) is 11.3 Å². The van der Waals surface area contributed by atoms with Gasteiger partial charge in [0.15, 0.2) is 0 Å². The number of hydrogen-bond acceptors (Lipinski definition) is 4. The van der Waals surface area contributed by atoms with Gasteiger partial charge in [-0.3, -0.25) is 9.89 Å². The Hall–Kier alpha value is -1.89. The average molecular weight is 393 g/mol. The molecule has 3 rings (SSSR count). The van der Waals surface area contributed by atoms with Crippen molar-refractivity contribution in [2.45, 2.75) is 31.7 Å². The number of carbonyl (C=O) groups is 1. The number of amides is 1. The largest absolute Gasteiger partial charge is 0.381 e. The molecule has 7 heteroatoms. The van der Waals surface area contributed by atoms with Crippen LogP contribution in [0.5, 0.6) is 0 Å². The number of rotatable bonds is 7. The summed E-state index contributed by atoms with van der Waals surface area (Å²) in [6.07, 6.45) is 3.47. The predicted molar refractivity (Wildman–Crippen MR) is 109 cm³/mol. The molecule has 148 valence electrons. The molecule has 1 amide bonds. The molecule has 3 N–H and O–H groups in total. The molecule has 2 aromatic rings. The van der Waals surface area contributed by atoms with Gasteiger partial charge in [0.05, 0.1) is 11.7 Å². The van der Waals surface area contributed by atoms with Crippen LogP contribution in [0.2, 0.25) is 0 Å². The van der Waals surface area contributed by atoms with Crippen LogP contribution < -0.4 is 5.73 Å². The summed E-state index contributed by atoms with van der Waals surface area (Å²) in [5.41, 5.74) is 9.31. The van der Waals surface area contributed by atoms with Gasteiger partial charge in [0.2, 0.25) is 5.91 Å². The van der Waals surface area contributed by atoms with E-state index in [-0.39, 0.29) is 24.2 Å². The van der Waals surface area contributed by atoms with Gasteiger partial charge in [-0.1, -0.05) is 30.3 Å². The second kappa shape index (κ2) is 10.4. The molecule has 0 spiro atoms. The number of ether oxygens (including phenoxy) is 1. The van der Waals surface area contributed by atoms with Crippen LogP contribution in [0.15, 0.2) is 36.4 Å². The van der Waals surface area contributed by atoms with Crippen molar-refractivity contribution in [3.63, 3.8) is 0 Å². The second-order valence-electron chi connectivity index (χ2n) is 6.98. The van der Waals surface area contributed by atoms with Crippen LogP contribution in [-0.4, -0.2) is 53.9 Å². The quantitative estimate of drug-likeness (QED) is 0.758. The monoisotopic (exact) mass is 392 g/mol. The summed E-state index contributed by atoms with van der Waals surface area (Å²) in [7, 11) is 1.84. The molecule has 1 saturated heterocycles. The number of likely N-dealkylation sites (N-methyl/N-ethyl adjacent to an activating group) is 1. The van der Waals surface area contributed by atoms with Crippen LogP contribution in [0.4, 0.5) is 0 Å². The Morgan fingerprint density at radius 3 is 2.74 bits per heavy atom. The Bertz CT molecular complexity index is 701. The van der Waals surface area contributed by atoms with Crippen molar-refractivity contribution < 1.29 is 9.53 Å². The van der Waals surface area contributed by atoms with Crippen LogP contribution in [0.25, 0.3) is 11.3 Å². The molecule has 1 aromatic carbocycles. The fourth-order valence-electron chi connectivity index (χ4n) is 3.39. The highest BCUT2D eigenvalue weighted by Crippen LogP contribution is 2.19. The first-order chi connectivity index (χ1) is 12.6. The lowest BCUT2D eigenvalue weighted by atomic mass is 9.91. The summed E-state index contributed by atoms with van der Waals surface area (Å²) in [6, 6.07) is 11.8. The SMILES string of the molecule is CN(CCCc1cc(-c2ccccc2)n[nH]1)C(=O)C(N)C1CCOCC1.Cl. The summed E-state index contributed by atoms with van der Waals surface area (Å²) in [4.78, 5) is 14.3. The van der Waals surface area contributed by atoms with E-state index in [9.17, 15) is 4.79 Å². The number of aromatic nitrogens is 2. The Labute approximate surface area is 166 Å². The number of carbonyl (C=O) groups excluding carboxylic acids is 1. The van der Waals surface area contributed by atoms with Crippen LogP contribution in [0.3, 0.4) is 0 Å². The molecule has 1 aliphatic rings. The minimum Gasteiger partial charge on any atom is -0.381 e. The van der Waals surface area contributed by atoms with E-state index in [1.807, 2.05) is 37.4 Å². The van der Waals surface area contributed by atoms with Gasteiger partial charge >= 0.3 is 0 Å². The number of halogens is 1. The lowest BCUT2D eigenvalue weighted by molar-refractivity contribution is -0.133. The number of nitrogens with one attached hydrogen (secondary N) is 1. The van der Waals surface area contributed by atoms with Gasteiger partial charge in [-0.15, -0.1) is 12.4 Å². The highest BCUT2D eigenvalue weighted by Gasteiger charge is 2.28. The van der Waals surface area contributed by atoms with Crippen LogP contribution in [0, 0.1) is 5.92 Å². The van der Waals surface area contributed by atoms with Gasteiger partial charge < -0.3 is 15.4 Å². The topological polar surface area (TPSA) is 84.2 Å². The third kappa shape index (κ3) is 5.79. The first-order valence-electron chi connectivity index (χ1n) is 9.33. The minimum absolute atomic E-state index is 0. The summed E-state index contributed by atoms with van der Waals surface area (Å²) in [6.45, 7) is 2.10. The number of nitrogens with zero attached hydrogens (tertiary/aromatic N) is 2. The minimum atomic E-state index is -0.416. The van der Waals surface area contributed by atoms with Crippen LogP contribution in [0.1, 0.15) is 25.0 Å². The predicted octanol–water partition coefficient (Wildman–Crippen LogP) is 2.64. The number of aryl methyl sites for hydroxylation is 1. The zero-order valence-corrected chi connectivity index (χ0v) is 16.6. The highest BCUT2D eigenvalue weighted by molar-refractivity contribution is 5.85. The Balaban J connectivity index is 0.00000261. The molecule has 2 heterocycles. The van der Waals surface area contributed by atoms with Gasteiger partial charge in [0, 0.05) is 38.1 Å². The standard InChI is InChI=1S/C20H28N4O2.ClH/c1-24(20(25)19(21)16-9-12-26-13-10-16)11-5-8-17-14-18(23-22-17)15-6-3-2-4-7-15;/h2-4,6-7,14,16,19H,5,8-13,21H2,1H3,(H,22,23);1H. The number of benzene rings is 1. The highest BCUT2D eigenvalue weighted by atomic mass is 35.5. The maximum Gasteiger partial charge on any atom is 0.239 e. The van der Waals surface area contributed by atoms with Crippen molar-refractivity contribution in [2.75, 3.05) is 26.8 Å². The van der Waals surface area contributed by atoms with Gasteiger partial charge in [0.1, 0.15) is 0 Å². The maximum atomic E-state index is 12.5. The van der Waals surface area contributed by atoms with Crippen molar-refractivity contribution in [1.82, 2.24) is 15.1 Å². The molecule has 27 heavy (non-hydrogen) atoms. The van der Waals surface area contributed by atoms with Crippen LogP contribution in [-0.2, 0) is 16.0 Å². The first kappa shape index (κ1) is 21.4. The van der Waals surface area contributed by atoms with E-state index in [1.54, 1.807) is 4.90 Å². The Morgan fingerprint density at radius 2 is 2.04 bits per heavy atom. The Morgan fingerprint density at radius 1 is 1.33 bits per heavy atom. The van der Waals surface area contributed by atoms with Gasteiger partial charge in [-0.05, 0) is 37.7 Å². The fourth-order valence-corrected chi connectivity index (χ4v) is 3.39. The van der Waals surface area contributed by atoms with Gasteiger partial charge in [-0.2, -0.15) is 5.10 Å². The number of H-pyrrole nitrogens is 1. The van der Waals surface area contributed by atoms with Crippen molar-refractivity contribution in [2.24, 2.45) is 11.7 Å². The maximum absolute atomic E-state index is 12.5. The van der Waals surface area contributed by atoms with E-state index < -0.39 is 6.04 Å². The van der Waals surface area contributed by atoms with Crippen molar-refractivity contribution >= 4 is 18.3 Å². The summed E-state index contributed by atoms with van der Waals surface area (Å²) >= 11 is 0. The van der Waals surface area contributed by atoms with E-state index in [2.05, 4.69) is 16.3 Å². The van der Waals surface area contributed by atoms with Gasteiger partial charge in [0.25, 0.3) is 0 Å². The smallest absolute Gasteiger partial charge is 0.239 e.